The maximum Gasteiger partial charge on any atom is 0.273 e. The number of amides is 1. The van der Waals surface area contributed by atoms with Gasteiger partial charge in [0.05, 0.1) is 5.69 Å². The van der Waals surface area contributed by atoms with Gasteiger partial charge < -0.3 is 9.88 Å². The van der Waals surface area contributed by atoms with E-state index >= 15 is 0 Å². The third-order valence-electron chi connectivity index (χ3n) is 7.38. The van der Waals surface area contributed by atoms with Gasteiger partial charge in [0.2, 0.25) is 0 Å². The fourth-order valence-corrected chi connectivity index (χ4v) is 5.49. The van der Waals surface area contributed by atoms with Crippen molar-refractivity contribution in [1.82, 2.24) is 8.97 Å². The highest BCUT2D eigenvalue weighted by Gasteiger charge is 2.29. The average Bonchev–Trinajstić information content (AvgIpc) is 3.32. The first kappa shape index (κ1) is 22.4. The number of carbonyl (C=O) groups is 1. The molecule has 0 atom stereocenters. The molecule has 0 saturated heterocycles. The first-order valence-electron chi connectivity index (χ1n) is 12.9. The second-order valence-electron chi connectivity index (χ2n) is 9.76. The van der Waals surface area contributed by atoms with E-state index in [9.17, 15) is 4.79 Å². The summed E-state index contributed by atoms with van der Waals surface area (Å²) < 4.78 is 4.58. The second-order valence-corrected chi connectivity index (χ2v) is 9.76. The van der Waals surface area contributed by atoms with E-state index in [-0.39, 0.29) is 5.91 Å². The Hall–Kier alpha value is -4.05. The van der Waals surface area contributed by atoms with Gasteiger partial charge >= 0.3 is 0 Å². The van der Waals surface area contributed by atoms with Gasteiger partial charge in [-0.2, -0.15) is 0 Å². The third-order valence-corrected chi connectivity index (χ3v) is 7.38. The second kappa shape index (κ2) is 9.19. The zero-order valence-corrected chi connectivity index (χ0v) is 20.9. The van der Waals surface area contributed by atoms with Gasteiger partial charge in [0.15, 0.2) is 0 Å². The fraction of sp³-hybridized carbons (Fsp3) is 0.219. The van der Waals surface area contributed by atoms with E-state index in [0.717, 1.165) is 60.4 Å². The highest BCUT2D eigenvalue weighted by atomic mass is 16.1. The number of para-hydroxylation sites is 1. The molecular formula is C32H31N3O. The molecule has 1 amide bonds. The summed E-state index contributed by atoms with van der Waals surface area (Å²) in [6.07, 6.45) is 6.35. The van der Waals surface area contributed by atoms with Gasteiger partial charge in [0.1, 0.15) is 11.3 Å². The maximum absolute atomic E-state index is 13.9. The van der Waals surface area contributed by atoms with Crippen LogP contribution in [0.25, 0.3) is 28.0 Å². The quantitative estimate of drug-likeness (QED) is 0.281. The van der Waals surface area contributed by atoms with Crippen LogP contribution >= 0.6 is 0 Å². The minimum Gasteiger partial charge on any atom is -0.325 e. The summed E-state index contributed by atoms with van der Waals surface area (Å²) in [6, 6.07) is 27.2. The van der Waals surface area contributed by atoms with Gasteiger partial charge in [0, 0.05) is 29.6 Å². The monoisotopic (exact) mass is 473 g/mol. The van der Waals surface area contributed by atoms with E-state index in [0.29, 0.717) is 5.69 Å². The van der Waals surface area contributed by atoms with Crippen LogP contribution in [0.4, 0.5) is 5.69 Å². The Morgan fingerprint density at radius 3 is 2.33 bits per heavy atom. The van der Waals surface area contributed by atoms with E-state index in [1.54, 1.807) is 0 Å². The summed E-state index contributed by atoms with van der Waals surface area (Å²) in [7, 11) is 0. The molecule has 0 fully saturated rings. The number of hydrogen-bond donors (Lipinski definition) is 1. The molecule has 4 nitrogen and oxygen atoms in total. The van der Waals surface area contributed by atoms with Crippen molar-refractivity contribution in [1.29, 1.82) is 0 Å². The SMILES string of the molecule is CCc1ccc(-c2c3c4n(c(-c5ccc(C)cc5)cn4c2C(=O)Nc2ccccc2)CCCC3)cc1. The molecule has 3 heterocycles. The van der Waals surface area contributed by atoms with E-state index < -0.39 is 0 Å². The molecule has 0 spiro atoms. The van der Waals surface area contributed by atoms with Crippen molar-refractivity contribution in [3.8, 4) is 22.4 Å². The van der Waals surface area contributed by atoms with Crippen LogP contribution in [0.1, 0.15) is 46.9 Å². The van der Waals surface area contributed by atoms with Crippen molar-refractivity contribution in [2.75, 3.05) is 5.32 Å². The number of hydrogen-bond acceptors (Lipinski definition) is 1. The van der Waals surface area contributed by atoms with Gasteiger partial charge in [-0.05, 0) is 61.4 Å². The lowest BCUT2D eigenvalue weighted by atomic mass is 9.96. The minimum atomic E-state index is -0.0785. The molecule has 180 valence electrons. The van der Waals surface area contributed by atoms with Crippen molar-refractivity contribution in [2.45, 2.75) is 46.1 Å². The molecule has 1 aliphatic heterocycles. The van der Waals surface area contributed by atoms with Crippen LogP contribution in [0.2, 0.25) is 0 Å². The number of nitrogens with one attached hydrogen (secondary N) is 1. The Labute approximate surface area is 212 Å². The Kier molecular flexibility index (Phi) is 5.73. The third kappa shape index (κ3) is 3.83. The lowest BCUT2D eigenvalue weighted by Crippen LogP contribution is -2.15. The fourth-order valence-electron chi connectivity index (χ4n) is 5.49. The molecule has 1 N–H and O–H groups in total. The molecule has 5 aromatic rings. The summed E-state index contributed by atoms with van der Waals surface area (Å²) in [5.74, 6) is -0.0785. The van der Waals surface area contributed by atoms with Crippen LogP contribution in [-0.2, 0) is 19.4 Å². The largest absolute Gasteiger partial charge is 0.325 e. The van der Waals surface area contributed by atoms with Crippen LogP contribution in [-0.4, -0.2) is 14.9 Å². The van der Waals surface area contributed by atoms with Gasteiger partial charge in [-0.15, -0.1) is 0 Å². The van der Waals surface area contributed by atoms with E-state index in [1.807, 2.05) is 30.3 Å². The van der Waals surface area contributed by atoms with Crippen molar-refractivity contribution in [3.63, 3.8) is 0 Å². The molecule has 1 aliphatic rings. The maximum atomic E-state index is 13.9. The molecule has 0 radical (unpaired) electrons. The molecule has 3 aromatic carbocycles. The Balaban J connectivity index is 1.60. The predicted molar refractivity (Wildman–Crippen MR) is 148 cm³/mol. The van der Waals surface area contributed by atoms with E-state index in [2.05, 4.69) is 82.9 Å². The number of nitrogens with zero attached hydrogens (tertiary/aromatic N) is 2. The lowest BCUT2D eigenvalue weighted by molar-refractivity contribution is 0.102. The molecule has 6 rings (SSSR count). The zero-order chi connectivity index (χ0) is 24.6. The number of rotatable bonds is 5. The first-order chi connectivity index (χ1) is 17.6. The number of carbonyl (C=O) groups excluding carboxylic acids is 1. The number of imidazole rings is 1. The summed E-state index contributed by atoms with van der Waals surface area (Å²) in [5.41, 5.74) is 11.0. The molecule has 2 aromatic heterocycles. The normalized spacial score (nSPS) is 13.1. The smallest absolute Gasteiger partial charge is 0.273 e. The molecule has 0 aliphatic carbocycles. The molecule has 36 heavy (non-hydrogen) atoms. The van der Waals surface area contributed by atoms with E-state index in [1.165, 1.54) is 22.3 Å². The highest BCUT2D eigenvalue weighted by Crippen LogP contribution is 2.39. The minimum absolute atomic E-state index is 0.0785. The summed E-state index contributed by atoms with van der Waals surface area (Å²) in [6.45, 7) is 5.23. The first-order valence-corrected chi connectivity index (χ1v) is 12.9. The zero-order valence-electron chi connectivity index (χ0n) is 20.9. The average molecular weight is 474 g/mol. The standard InChI is InChI=1S/C32H31N3O/c1-3-23-14-18-25(19-15-23)29-27-11-7-8-20-34-28(24-16-12-22(2)13-17-24)21-35(32(27)34)30(29)31(36)33-26-9-5-4-6-10-26/h4-6,9-10,12-19,21H,3,7-8,11,20H2,1-2H3,(H,33,36). The van der Waals surface area contributed by atoms with Gasteiger partial charge in [0.25, 0.3) is 5.91 Å². The number of benzene rings is 3. The Morgan fingerprint density at radius 2 is 1.61 bits per heavy atom. The van der Waals surface area contributed by atoms with Crippen LogP contribution in [0.15, 0.2) is 85.1 Å². The van der Waals surface area contributed by atoms with Crippen LogP contribution in [0.5, 0.6) is 0 Å². The Morgan fingerprint density at radius 1 is 0.889 bits per heavy atom. The van der Waals surface area contributed by atoms with Crippen molar-refractivity contribution in [3.05, 3.63) is 107 Å². The van der Waals surface area contributed by atoms with Crippen LogP contribution < -0.4 is 5.32 Å². The highest BCUT2D eigenvalue weighted by molar-refractivity contribution is 6.10. The Bertz CT molecular complexity index is 1540. The number of aromatic nitrogens is 2. The molecular weight excluding hydrogens is 442 g/mol. The van der Waals surface area contributed by atoms with Gasteiger partial charge in [-0.25, -0.2) is 0 Å². The molecule has 4 heteroatoms. The van der Waals surface area contributed by atoms with Gasteiger partial charge in [-0.1, -0.05) is 79.2 Å². The number of anilines is 1. The summed E-state index contributed by atoms with van der Waals surface area (Å²) in [5, 5.41) is 3.16. The van der Waals surface area contributed by atoms with Crippen LogP contribution in [0, 0.1) is 6.92 Å². The van der Waals surface area contributed by atoms with Crippen molar-refractivity contribution in [2.24, 2.45) is 0 Å². The van der Waals surface area contributed by atoms with E-state index in [4.69, 9.17) is 0 Å². The topological polar surface area (TPSA) is 38.4 Å². The molecule has 0 unspecified atom stereocenters. The van der Waals surface area contributed by atoms with Crippen molar-refractivity contribution < 1.29 is 4.79 Å². The van der Waals surface area contributed by atoms with Gasteiger partial charge in [-0.3, -0.25) is 9.20 Å². The predicted octanol–water partition coefficient (Wildman–Crippen LogP) is 7.53. The summed E-state index contributed by atoms with van der Waals surface area (Å²) >= 11 is 0. The van der Waals surface area contributed by atoms with Crippen molar-refractivity contribution >= 4 is 17.2 Å². The molecule has 0 saturated carbocycles. The summed E-state index contributed by atoms with van der Waals surface area (Å²) in [4.78, 5) is 13.9. The lowest BCUT2D eigenvalue weighted by Gasteiger charge is -2.11. The molecule has 0 bridgehead atoms. The number of aryl methyl sites for hydroxylation is 4. The van der Waals surface area contributed by atoms with Crippen LogP contribution in [0.3, 0.4) is 0 Å².